The van der Waals surface area contributed by atoms with Gasteiger partial charge in [0.2, 0.25) is 0 Å². The lowest BCUT2D eigenvalue weighted by Gasteiger charge is -2.26. The molecule has 4 aromatic carbocycles. The van der Waals surface area contributed by atoms with Gasteiger partial charge in [-0.25, -0.2) is 0 Å². The molecule has 0 unspecified atom stereocenters. The number of piperidine rings is 1. The third-order valence-corrected chi connectivity index (χ3v) is 7.23. The highest BCUT2D eigenvalue weighted by Crippen LogP contribution is 2.34. The van der Waals surface area contributed by atoms with Crippen molar-refractivity contribution in [1.82, 2.24) is 4.90 Å². The summed E-state index contributed by atoms with van der Waals surface area (Å²) >= 11 is 0. The Labute approximate surface area is 230 Å². The van der Waals surface area contributed by atoms with E-state index in [0.717, 1.165) is 53.7 Å². The highest BCUT2D eigenvalue weighted by Gasteiger charge is 2.19. The molecule has 0 amide bonds. The van der Waals surface area contributed by atoms with Crippen LogP contribution in [0.15, 0.2) is 84.9 Å². The van der Waals surface area contributed by atoms with Crippen LogP contribution in [-0.4, -0.2) is 42.9 Å². The molecule has 39 heavy (non-hydrogen) atoms. The first kappa shape index (κ1) is 26.6. The van der Waals surface area contributed by atoms with Crippen molar-refractivity contribution < 1.29 is 19.1 Å². The predicted molar refractivity (Wildman–Crippen MR) is 156 cm³/mol. The Morgan fingerprint density at radius 2 is 1.62 bits per heavy atom. The monoisotopic (exact) mass is 521 g/mol. The molecule has 5 heteroatoms. The summed E-state index contributed by atoms with van der Waals surface area (Å²) in [6.07, 6.45) is 4.94. The summed E-state index contributed by atoms with van der Waals surface area (Å²) in [4.78, 5) is 28.5. The van der Waals surface area contributed by atoms with E-state index in [2.05, 4.69) is 4.90 Å². The number of ketones is 1. The van der Waals surface area contributed by atoms with Crippen molar-refractivity contribution in [2.24, 2.45) is 0 Å². The molecule has 1 heterocycles. The number of nitrogens with zero attached hydrogens (tertiary/aromatic N) is 1. The molecule has 1 aliphatic heterocycles. The van der Waals surface area contributed by atoms with E-state index in [9.17, 15) is 9.59 Å². The Balaban J connectivity index is 1.40. The van der Waals surface area contributed by atoms with E-state index in [1.54, 1.807) is 6.07 Å². The van der Waals surface area contributed by atoms with Crippen molar-refractivity contribution in [2.45, 2.75) is 39.0 Å². The number of esters is 1. The van der Waals surface area contributed by atoms with Gasteiger partial charge in [-0.1, -0.05) is 61.9 Å². The van der Waals surface area contributed by atoms with Gasteiger partial charge < -0.3 is 9.47 Å². The van der Waals surface area contributed by atoms with Gasteiger partial charge in [0.15, 0.2) is 5.78 Å². The van der Waals surface area contributed by atoms with Gasteiger partial charge in [-0.3, -0.25) is 14.5 Å². The van der Waals surface area contributed by atoms with Gasteiger partial charge in [-0.2, -0.15) is 0 Å². The third-order valence-electron chi connectivity index (χ3n) is 7.23. The number of benzene rings is 4. The number of carbonyl (C=O) groups is 2. The summed E-state index contributed by atoms with van der Waals surface area (Å²) in [7, 11) is 0. The number of fused-ring (bicyclic) bond motifs is 1. The summed E-state index contributed by atoms with van der Waals surface area (Å²) < 4.78 is 11.5. The molecule has 1 saturated heterocycles. The Morgan fingerprint density at radius 1 is 0.821 bits per heavy atom. The highest BCUT2D eigenvalue weighted by molar-refractivity contribution is 6.20. The van der Waals surface area contributed by atoms with Crippen LogP contribution in [0.3, 0.4) is 0 Å². The summed E-state index contributed by atoms with van der Waals surface area (Å²) in [6.45, 7) is 5.80. The van der Waals surface area contributed by atoms with Crippen molar-refractivity contribution in [3.8, 4) is 22.6 Å². The fourth-order valence-corrected chi connectivity index (χ4v) is 5.19. The second-order valence-electron chi connectivity index (χ2n) is 10.1. The van der Waals surface area contributed by atoms with E-state index in [-0.39, 0.29) is 11.8 Å². The van der Waals surface area contributed by atoms with Gasteiger partial charge in [0.05, 0.1) is 0 Å². The van der Waals surface area contributed by atoms with E-state index in [1.807, 2.05) is 85.8 Å². The molecule has 0 radical (unpaired) electrons. The summed E-state index contributed by atoms with van der Waals surface area (Å²) in [5, 5.41) is 1.88. The minimum absolute atomic E-state index is 0.0601. The Morgan fingerprint density at radius 3 is 2.41 bits per heavy atom. The van der Waals surface area contributed by atoms with Crippen LogP contribution in [0.25, 0.3) is 21.9 Å². The summed E-state index contributed by atoms with van der Waals surface area (Å²) in [5.41, 5.74) is 2.85. The summed E-state index contributed by atoms with van der Waals surface area (Å²) in [6, 6.07) is 26.7. The van der Waals surface area contributed by atoms with Crippen LogP contribution in [0.5, 0.6) is 11.5 Å². The first-order valence-corrected chi connectivity index (χ1v) is 13.9. The Hall–Kier alpha value is -3.96. The van der Waals surface area contributed by atoms with E-state index in [0.29, 0.717) is 29.9 Å². The quantitative estimate of drug-likeness (QED) is 0.124. The van der Waals surface area contributed by atoms with Gasteiger partial charge in [0.1, 0.15) is 18.1 Å². The third kappa shape index (κ3) is 6.55. The van der Waals surface area contributed by atoms with Gasteiger partial charge in [0.25, 0.3) is 0 Å². The van der Waals surface area contributed by atoms with Crippen LogP contribution in [-0.2, 0) is 4.79 Å². The lowest BCUT2D eigenvalue weighted by Crippen LogP contribution is -2.33. The maximum Gasteiger partial charge on any atom is 0.311 e. The molecule has 0 saturated carbocycles. The second-order valence-corrected chi connectivity index (χ2v) is 10.1. The van der Waals surface area contributed by atoms with Crippen molar-refractivity contribution in [3.63, 3.8) is 0 Å². The fraction of sp³-hybridized carbons (Fsp3) is 0.294. The number of hydrogen-bond donors (Lipinski definition) is 0. The number of likely N-dealkylation sites (tertiary alicyclic amines) is 1. The van der Waals surface area contributed by atoms with Crippen LogP contribution in [0.4, 0.5) is 0 Å². The van der Waals surface area contributed by atoms with Crippen molar-refractivity contribution in [1.29, 1.82) is 0 Å². The van der Waals surface area contributed by atoms with Gasteiger partial charge in [0, 0.05) is 24.1 Å². The van der Waals surface area contributed by atoms with Crippen LogP contribution in [0.2, 0.25) is 0 Å². The van der Waals surface area contributed by atoms with E-state index >= 15 is 0 Å². The molecule has 0 atom stereocenters. The molecule has 0 N–H and O–H groups in total. The van der Waals surface area contributed by atoms with Crippen LogP contribution >= 0.6 is 0 Å². The molecule has 1 fully saturated rings. The van der Waals surface area contributed by atoms with Crippen molar-refractivity contribution in [2.75, 3.05) is 26.2 Å². The van der Waals surface area contributed by atoms with Gasteiger partial charge >= 0.3 is 5.97 Å². The van der Waals surface area contributed by atoms with Gasteiger partial charge in [-0.05, 0) is 90.6 Å². The molecule has 0 aliphatic carbocycles. The summed E-state index contributed by atoms with van der Waals surface area (Å²) in [5.74, 6) is 0.921. The molecular formula is C34H35NO4. The maximum atomic E-state index is 14.0. The van der Waals surface area contributed by atoms with E-state index in [4.69, 9.17) is 9.47 Å². The van der Waals surface area contributed by atoms with Crippen LogP contribution in [0, 0.1) is 0 Å². The maximum absolute atomic E-state index is 14.0. The molecule has 0 aromatic heterocycles. The molecule has 5 rings (SSSR count). The number of rotatable bonds is 10. The normalized spacial score (nSPS) is 13.8. The first-order chi connectivity index (χ1) is 19.1. The lowest BCUT2D eigenvalue weighted by molar-refractivity contribution is -0.134. The largest absolute Gasteiger partial charge is 0.492 e. The Bertz CT molecular complexity index is 1440. The molecule has 0 spiro atoms. The number of ether oxygens (including phenoxy) is 2. The minimum atomic E-state index is -0.261. The minimum Gasteiger partial charge on any atom is -0.492 e. The molecule has 5 nitrogen and oxygen atoms in total. The van der Waals surface area contributed by atoms with Gasteiger partial charge in [-0.15, -0.1) is 0 Å². The molecule has 0 bridgehead atoms. The Kier molecular flexibility index (Phi) is 8.69. The SMILES string of the molecule is CCCC(=O)Oc1cccc(-c2ccc3ccccc3c2C(=O)c2ccc(OCCN3CCCCC3)cc2)c1. The molecule has 200 valence electrons. The average Bonchev–Trinajstić information content (AvgIpc) is 2.97. The number of hydrogen-bond acceptors (Lipinski definition) is 5. The molecular weight excluding hydrogens is 486 g/mol. The fourth-order valence-electron chi connectivity index (χ4n) is 5.19. The smallest absolute Gasteiger partial charge is 0.311 e. The molecule has 1 aliphatic rings. The molecule has 4 aromatic rings. The zero-order chi connectivity index (χ0) is 27.0. The van der Waals surface area contributed by atoms with Crippen LogP contribution in [0.1, 0.15) is 54.9 Å². The zero-order valence-electron chi connectivity index (χ0n) is 22.5. The van der Waals surface area contributed by atoms with Crippen molar-refractivity contribution in [3.05, 3.63) is 96.1 Å². The van der Waals surface area contributed by atoms with E-state index in [1.165, 1.54) is 19.3 Å². The lowest BCUT2D eigenvalue weighted by atomic mass is 9.89. The second kappa shape index (κ2) is 12.7. The topological polar surface area (TPSA) is 55.8 Å². The highest BCUT2D eigenvalue weighted by atomic mass is 16.5. The van der Waals surface area contributed by atoms with E-state index < -0.39 is 0 Å². The zero-order valence-corrected chi connectivity index (χ0v) is 22.5. The van der Waals surface area contributed by atoms with Crippen molar-refractivity contribution >= 4 is 22.5 Å². The van der Waals surface area contributed by atoms with Crippen LogP contribution < -0.4 is 9.47 Å². The predicted octanol–water partition coefficient (Wildman–Crippen LogP) is 7.31. The standard InChI is InChI=1S/C34H35NO4/c1-2-9-32(36)39-29-12-8-11-27(24-29)31-19-16-25-10-4-5-13-30(25)33(31)34(37)26-14-17-28(18-15-26)38-23-22-35-20-6-3-7-21-35/h4-5,8,10-19,24H,2-3,6-7,9,20-23H2,1H3. The first-order valence-electron chi connectivity index (χ1n) is 13.9. The number of carbonyl (C=O) groups excluding carboxylic acids is 2. The average molecular weight is 522 g/mol.